The van der Waals surface area contributed by atoms with Crippen molar-refractivity contribution < 1.29 is 18.3 Å². The molecule has 0 unspecified atom stereocenters. The monoisotopic (exact) mass is 381 g/mol. The number of pyridine rings is 1. The van der Waals surface area contributed by atoms with Gasteiger partial charge in [0.25, 0.3) is 5.91 Å². The number of aromatic nitrogens is 2. The number of hydrogen-bond acceptors (Lipinski definition) is 5. The fraction of sp³-hybridized carbons (Fsp3) is 0.286. The van der Waals surface area contributed by atoms with E-state index in [9.17, 15) is 9.18 Å². The molecule has 1 saturated heterocycles. The second kappa shape index (κ2) is 7.80. The lowest BCUT2D eigenvalue weighted by atomic mass is 10.1. The maximum atomic E-state index is 13.4. The van der Waals surface area contributed by atoms with Crippen LogP contribution in [0.15, 0.2) is 53.2 Å². The maximum absolute atomic E-state index is 13.4. The van der Waals surface area contributed by atoms with Gasteiger partial charge in [0.2, 0.25) is 11.8 Å². The van der Waals surface area contributed by atoms with E-state index in [2.05, 4.69) is 9.97 Å². The molecule has 1 atom stereocenters. The second-order valence-electron chi connectivity index (χ2n) is 6.69. The Hall–Kier alpha value is -3.22. The molecule has 1 aliphatic heterocycles. The summed E-state index contributed by atoms with van der Waals surface area (Å²) in [7, 11) is 1.49. The van der Waals surface area contributed by atoms with Gasteiger partial charge in [0, 0.05) is 19.2 Å². The van der Waals surface area contributed by atoms with E-state index in [1.165, 1.54) is 19.2 Å². The molecule has 28 heavy (non-hydrogen) atoms. The van der Waals surface area contributed by atoms with Gasteiger partial charge in [-0.1, -0.05) is 12.1 Å². The summed E-state index contributed by atoms with van der Waals surface area (Å²) in [6.07, 6.45) is 5.31. The second-order valence-corrected chi connectivity index (χ2v) is 6.69. The lowest BCUT2D eigenvalue weighted by molar-refractivity contribution is 0.0710. The Bertz CT molecular complexity index is 988. The van der Waals surface area contributed by atoms with Crippen LogP contribution in [0.3, 0.4) is 0 Å². The Kier molecular flexibility index (Phi) is 5.06. The van der Waals surface area contributed by atoms with Gasteiger partial charge in [-0.05, 0) is 42.7 Å². The van der Waals surface area contributed by atoms with Gasteiger partial charge in [-0.15, -0.1) is 0 Å². The summed E-state index contributed by atoms with van der Waals surface area (Å²) < 4.78 is 24.5. The van der Waals surface area contributed by atoms with Gasteiger partial charge in [-0.3, -0.25) is 4.79 Å². The summed E-state index contributed by atoms with van der Waals surface area (Å²) in [6, 6.07) is 9.56. The highest BCUT2D eigenvalue weighted by molar-refractivity contribution is 5.96. The first-order chi connectivity index (χ1) is 13.7. The third kappa shape index (κ3) is 3.60. The Labute approximate surface area is 162 Å². The highest BCUT2D eigenvalue weighted by Crippen LogP contribution is 2.34. The highest BCUT2D eigenvalue weighted by Gasteiger charge is 2.35. The number of methoxy groups -OCH3 is 1. The van der Waals surface area contributed by atoms with Crippen molar-refractivity contribution in [3.05, 3.63) is 77.4 Å². The van der Waals surface area contributed by atoms with Crippen LogP contribution < -0.4 is 4.74 Å². The minimum Gasteiger partial charge on any atom is -0.480 e. The maximum Gasteiger partial charge on any atom is 0.260 e. The summed E-state index contributed by atoms with van der Waals surface area (Å²) in [5.74, 6) is 1.00. The number of nitrogens with zero attached hydrogens (tertiary/aromatic N) is 3. The van der Waals surface area contributed by atoms with Crippen molar-refractivity contribution in [3.8, 4) is 5.88 Å². The van der Waals surface area contributed by atoms with Crippen LogP contribution in [0.4, 0.5) is 4.39 Å². The number of carbonyl (C=O) groups is 1. The number of benzene rings is 1. The molecule has 7 heteroatoms. The van der Waals surface area contributed by atoms with Crippen LogP contribution in [0, 0.1) is 5.82 Å². The normalized spacial score (nSPS) is 16.4. The molecule has 1 aliphatic rings. The molecule has 3 heterocycles. The lowest BCUT2D eigenvalue weighted by Gasteiger charge is -2.22. The molecule has 0 saturated carbocycles. The fourth-order valence-corrected chi connectivity index (χ4v) is 3.54. The molecule has 2 aromatic heterocycles. The number of oxazole rings is 1. The number of amides is 1. The number of halogens is 1. The van der Waals surface area contributed by atoms with E-state index in [-0.39, 0.29) is 17.8 Å². The minimum atomic E-state index is -0.282. The van der Waals surface area contributed by atoms with E-state index in [0.717, 1.165) is 18.4 Å². The zero-order valence-electron chi connectivity index (χ0n) is 15.5. The number of hydrogen-bond donors (Lipinski definition) is 0. The minimum absolute atomic E-state index is 0.155. The van der Waals surface area contributed by atoms with Crippen molar-refractivity contribution >= 4 is 5.91 Å². The predicted molar refractivity (Wildman–Crippen MR) is 99.5 cm³/mol. The first kappa shape index (κ1) is 18.2. The third-order valence-electron chi connectivity index (χ3n) is 4.83. The molecular weight excluding hydrogens is 361 g/mol. The van der Waals surface area contributed by atoms with E-state index in [1.54, 1.807) is 35.5 Å². The van der Waals surface area contributed by atoms with Crippen molar-refractivity contribution in [2.24, 2.45) is 0 Å². The molecule has 1 amide bonds. The van der Waals surface area contributed by atoms with Crippen molar-refractivity contribution in [3.63, 3.8) is 0 Å². The molecule has 144 valence electrons. The van der Waals surface area contributed by atoms with Gasteiger partial charge < -0.3 is 14.1 Å². The third-order valence-corrected chi connectivity index (χ3v) is 4.83. The fourth-order valence-electron chi connectivity index (χ4n) is 3.54. The van der Waals surface area contributed by atoms with Crippen LogP contribution in [0.25, 0.3) is 0 Å². The molecular formula is C21H20FN3O3. The number of likely N-dealkylation sites (tertiary alicyclic amines) is 1. The quantitative estimate of drug-likeness (QED) is 0.673. The van der Waals surface area contributed by atoms with E-state index in [1.807, 2.05) is 6.07 Å². The largest absolute Gasteiger partial charge is 0.480 e. The molecule has 0 spiro atoms. The van der Waals surface area contributed by atoms with Crippen molar-refractivity contribution in [2.45, 2.75) is 25.3 Å². The Balaban J connectivity index is 1.54. The number of carbonyl (C=O) groups excluding carboxylic acids is 1. The van der Waals surface area contributed by atoms with E-state index in [4.69, 9.17) is 9.15 Å². The predicted octanol–water partition coefficient (Wildman–Crippen LogP) is 3.79. The van der Waals surface area contributed by atoms with Gasteiger partial charge in [-0.25, -0.2) is 14.4 Å². The summed E-state index contributed by atoms with van der Waals surface area (Å²) >= 11 is 0. The summed E-state index contributed by atoms with van der Waals surface area (Å²) in [5.41, 5.74) is 1.23. The molecule has 0 bridgehead atoms. The molecule has 1 fully saturated rings. The molecule has 3 aromatic rings. The molecule has 4 rings (SSSR count). The van der Waals surface area contributed by atoms with Crippen LogP contribution in [0.1, 0.15) is 46.5 Å². The van der Waals surface area contributed by atoms with Gasteiger partial charge in [0.05, 0.1) is 13.3 Å². The number of rotatable bonds is 5. The summed E-state index contributed by atoms with van der Waals surface area (Å²) in [4.78, 5) is 23.3. The van der Waals surface area contributed by atoms with Crippen molar-refractivity contribution in [1.82, 2.24) is 14.9 Å². The Morgan fingerprint density at radius 1 is 1.32 bits per heavy atom. The van der Waals surface area contributed by atoms with E-state index in [0.29, 0.717) is 36.1 Å². The molecule has 0 radical (unpaired) electrons. The van der Waals surface area contributed by atoms with Crippen LogP contribution >= 0.6 is 0 Å². The Morgan fingerprint density at radius 3 is 3.04 bits per heavy atom. The van der Waals surface area contributed by atoms with E-state index >= 15 is 0 Å². The first-order valence-corrected chi connectivity index (χ1v) is 9.14. The van der Waals surface area contributed by atoms with Gasteiger partial charge in [0.1, 0.15) is 23.2 Å². The smallest absolute Gasteiger partial charge is 0.260 e. The molecule has 0 N–H and O–H groups in total. The van der Waals surface area contributed by atoms with Gasteiger partial charge in [-0.2, -0.15) is 0 Å². The number of ether oxygens (including phenoxy) is 1. The lowest BCUT2D eigenvalue weighted by Crippen LogP contribution is -2.31. The van der Waals surface area contributed by atoms with Crippen LogP contribution in [0.2, 0.25) is 0 Å². The SMILES string of the molecule is COc1ncccc1C(=O)N1CCC[C@@H]1c1ncc(Cc2cccc(F)c2)o1. The molecule has 0 aliphatic carbocycles. The first-order valence-electron chi connectivity index (χ1n) is 9.14. The Morgan fingerprint density at radius 2 is 2.21 bits per heavy atom. The zero-order valence-corrected chi connectivity index (χ0v) is 15.5. The zero-order chi connectivity index (χ0) is 19.5. The van der Waals surface area contributed by atoms with Crippen LogP contribution in [-0.2, 0) is 6.42 Å². The van der Waals surface area contributed by atoms with Crippen LogP contribution in [-0.4, -0.2) is 34.4 Å². The molecule has 1 aromatic carbocycles. The molecule has 6 nitrogen and oxygen atoms in total. The van der Waals surface area contributed by atoms with Gasteiger partial charge >= 0.3 is 0 Å². The summed E-state index contributed by atoms with van der Waals surface area (Å²) in [5, 5.41) is 0. The average Bonchev–Trinajstić information content (AvgIpc) is 3.36. The average molecular weight is 381 g/mol. The van der Waals surface area contributed by atoms with E-state index < -0.39 is 0 Å². The van der Waals surface area contributed by atoms with Gasteiger partial charge in [0.15, 0.2) is 0 Å². The van der Waals surface area contributed by atoms with Crippen LogP contribution in [0.5, 0.6) is 5.88 Å². The highest BCUT2D eigenvalue weighted by atomic mass is 19.1. The standard InChI is InChI=1S/C21H20FN3O3/c1-27-19-17(7-3-9-23-19)21(26)25-10-4-8-18(25)20-24-13-16(28-20)12-14-5-2-6-15(22)11-14/h2-3,5-7,9,11,13,18H,4,8,10,12H2,1H3/t18-/m1/s1. The van der Waals surface area contributed by atoms with Crippen molar-refractivity contribution in [1.29, 1.82) is 0 Å². The summed E-state index contributed by atoms with van der Waals surface area (Å²) in [6.45, 7) is 0.614. The van der Waals surface area contributed by atoms with Crippen molar-refractivity contribution in [2.75, 3.05) is 13.7 Å². The topological polar surface area (TPSA) is 68.5 Å².